The Morgan fingerprint density at radius 1 is 0.800 bits per heavy atom. The third-order valence-electron chi connectivity index (χ3n) is 5.71. The van der Waals surface area contributed by atoms with Gasteiger partial charge < -0.3 is 29.3 Å². The van der Waals surface area contributed by atoms with E-state index in [1.54, 1.807) is 0 Å². The van der Waals surface area contributed by atoms with Crippen LogP contribution in [-0.2, 0) is 7.05 Å². The quantitative estimate of drug-likeness (QED) is 0.198. The number of allylic oxidation sites excluding steroid dienone is 1. The Hall–Kier alpha value is -2.09. The molecular weight excluding hydrogens is 519 g/mol. The molecular formula is C25H19IN2S2. The number of para-hydroxylation sites is 1. The molecule has 2 nitrogen and oxygen atoms in total. The lowest BCUT2D eigenvalue weighted by Gasteiger charge is -2.04. The number of thiazole rings is 1. The van der Waals surface area contributed by atoms with Crippen molar-refractivity contribution in [1.29, 1.82) is 0 Å². The number of hydrogen-bond acceptors (Lipinski definition) is 3. The predicted octanol–water partition coefficient (Wildman–Crippen LogP) is 3.94. The lowest BCUT2D eigenvalue weighted by molar-refractivity contribution is -0.641. The van der Waals surface area contributed by atoms with Crippen molar-refractivity contribution in [3.8, 4) is 0 Å². The van der Waals surface area contributed by atoms with Crippen molar-refractivity contribution in [3.05, 3.63) is 82.8 Å². The first-order valence-corrected chi connectivity index (χ1v) is 11.3. The molecule has 0 aliphatic carbocycles. The molecule has 148 valence electrons. The molecule has 0 saturated heterocycles. The minimum Gasteiger partial charge on any atom is -1.00 e. The molecule has 2 heterocycles. The van der Waals surface area contributed by atoms with Gasteiger partial charge in [-0.15, -0.1) is 0 Å². The Kier molecular flexibility index (Phi) is 5.00. The van der Waals surface area contributed by atoms with Crippen molar-refractivity contribution >= 4 is 66.1 Å². The molecule has 0 spiro atoms. The van der Waals surface area contributed by atoms with Crippen LogP contribution in [0.2, 0.25) is 0 Å². The average molecular weight is 538 g/mol. The van der Waals surface area contributed by atoms with Crippen molar-refractivity contribution in [2.24, 2.45) is 7.05 Å². The van der Waals surface area contributed by atoms with Gasteiger partial charge in [-0.1, -0.05) is 77.7 Å². The summed E-state index contributed by atoms with van der Waals surface area (Å²) in [4.78, 5) is 1.29. The van der Waals surface area contributed by atoms with E-state index in [0.717, 1.165) is 0 Å². The summed E-state index contributed by atoms with van der Waals surface area (Å²) in [6.45, 7) is 2.23. The van der Waals surface area contributed by atoms with Crippen LogP contribution < -0.4 is 33.9 Å². The third kappa shape index (κ3) is 2.87. The smallest absolute Gasteiger partial charge is 0.268 e. The highest BCUT2D eigenvalue weighted by Crippen LogP contribution is 2.45. The molecule has 0 amide bonds. The number of thioether (sulfide) groups is 1. The molecule has 0 bridgehead atoms. The fourth-order valence-corrected chi connectivity index (χ4v) is 6.68. The lowest BCUT2D eigenvalue weighted by atomic mass is 10.0. The Labute approximate surface area is 200 Å². The standard InChI is InChI=1S/C25H18N2S2.HI/c1-15(24-26-20-13-7-8-14-21(20)28-24)25-27(2)22-18-11-5-3-9-16(18)17-10-4-6-12-19(17)23(22)29-25;/h3-14H,1-2H3;1H. The van der Waals surface area contributed by atoms with E-state index < -0.39 is 0 Å². The van der Waals surface area contributed by atoms with E-state index in [2.05, 4.69) is 96.7 Å². The second kappa shape index (κ2) is 7.55. The van der Waals surface area contributed by atoms with Crippen LogP contribution in [-0.4, -0.2) is 0 Å². The van der Waals surface area contributed by atoms with Gasteiger partial charge in [0, 0.05) is 10.3 Å². The van der Waals surface area contributed by atoms with E-state index in [9.17, 15) is 0 Å². The molecule has 6 rings (SSSR count). The molecule has 4 aromatic carbocycles. The van der Waals surface area contributed by atoms with Crippen LogP contribution in [0.5, 0.6) is 0 Å². The summed E-state index contributed by atoms with van der Waals surface area (Å²) in [6.07, 6.45) is 0. The number of nitrogens with zero attached hydrogens (tertiary/aromatic N) is 1. The Balaban J connectivity index is 0.00000193. The maximum Gasteiger partial charge on any atom is 0.268 e. The molecule has 0 fully saturated rings. The van der Waals surface area contributed by atoms with Gasteiger partial charge >= 0.3 is 0 Å². The van der Waals surface area contributed by atoms with Crippen LogP contribution in [0.3, 0.4) is 0 Å². The van der Waals surface area contributed by atoms with Crippen molar-refractivity contribution in [2.45, 2.75) is 11.8 Å². The number of benzene rings is 4. The van der Waals surface area contributed by atoms with Gasteiger partial charge in [0.2, 0.25) is 5.52 Å². The highest BCUT2D eigenvalue weighted by atomic mass is 127. The molecule has 5 aromatic rings. The van der Waals surface area contributed by atoms with Crippen LogP contribution in [0.4, 0.5) is 5.69 Å². The molecule has 1 aromatic heterocycles. The van der Waals surface area contributed by atoms with E-state index in [-0.39, 0.29) is 24.0 Å². The van der Waals surface area contributed by atoms with Gasteiger partial charge in [-0.3, -0.25) is 0 Å². The molecule has 1 aliphatic heterocycles. The number of nitrogens with one attached hydrogen (secondary N) is 1. The van der Waals surface area contributed by atoms with E-state index in [4.69, 9.17) is 0 Å². The van der Waals surface area contributed by atoms with Gasteiger partial charge in [0.05, 0.1) is 21.7 Å². The predicted molar refractivity (Wildman–Crippen MR) is 127 cm³/mol. The number of aryl methyl sites for hydroxylation is 1. The minimum atomic E-state index is 0. The maximum absolute atomic E-state index is 3.61. The second-order valence-corrected chi connectivity index (χ2v) is 9.46. The molecule has 0 radical (unpaired) electrons. The number of hydrogen-bond donors (Lipinski definition) is 1. The summed E-state index contributed by atoms with van der Waals surface area (Å²) in [6, 6.07) is 26.1. The van der Waals surface area contributed by atoms with Crippen LogP contribution in [0.25, 0.3) is 37.3 Å². The number of aromatic nitrogens is 1. The number of halogens is 1. The monoisotopic (exact) mass is 538 g/mol. The summed E-state index contributed by atoms with van der Waals surface area (Å²) < 4.78 is 3.74. The molecule has 0 saturated carbocycles. The molecule has 1 N–H and O–H groups in total. The SMILES string of the molecule is CC(=C1Nc2ccccc2S1)c1sc2c3ccccc3c3ccccc3c2[n+]1C.[I-]. The number of rotatable bonds is 1. The van der Waals surface area contributed by atoms with E-state index in [1.165, 1.54) is 58.0 Å². The fraction of sp³-hybridized carbons (Fsp3) is 0.0800. The van der Waals surface area contributed by atoms with Crippen molar-refractivity contribution in [1.82, 2.24) is 0 Å². The molecule has 0 atom stereocenters. The second-order valence-electron chi connectivity index (χ2n) is 7.41. The number of fused-ring (bicyclic) bond motifs is 7. The Morgan fingerprint density at radius 3 is 2.13 bits per heavy atom. The van der Waals surface area contributed by atoms with E-state index in [0.29, 0.717) is 0 Å². The van der Waals surface area contributed by atoms with Gasteiger partial charge in [-0.2, -0.15) is 4.57 Å². The summed E-state index contributed by atoms with van der Waals surface area (Å²) in [7, 11) is 2.20. The Bertz CT molecular complexity index is 1460. The zero-order chi connectivity index (χ0) is 19.5. The van der Waals surface area contributed by atoms with Crippen molar-refractivity contribution in [2.75, 3.05) is 5.32 Å². The van der Waals surface area contributed by atoms with E-state index >= 15 is 0 Å². The van der Waals surface area contributed by atoms with Gasteiger partial charge in [0.25, 0.3) is 5.01 Å². The zero-order valence-electron chi connectivity index (χ0n) is 16.6. The maximum atomic E-state index is 3.61. The highest BCUT2D eigenvalue weighted by Gasteiger charge is 2.27. The summed E-state index contributed by atoms with van der Waals surface area (Å²) in [5.41, 5.74) is 3.81. The van der Waals surface area contributed by atoms with Gasteiger partial charge in [0.1, 0.15) is 11.7 Å². The summed E-state index contributed by atoms with van der Waals surface area (Å²) in [5, 5.41) is 11.4. The minimum absolute atomic E-state index is 0. The molecule has 1 aliphatic rings. The lowest BCUT2D eigenvalue weighted by Crippen LogP contribution is -3.00. The van der Waals surface area contributed by atoms with Gasteiger partial charge in [0.15, 0.2) is 0 Å². The number of anilines is 1. The molecule has 30 heavy (non-hydrogen) atoms. The first-order valence-electron chi connectivity index (χ1n) is 9.69. The fourth-order valence-electron chi connectivity index (χ4n) is 4.31. The van der Waals surface area contributed by atoms with Crippen LogP contribution in [0.15, 0.2) is 82.7 Å². The first-order chi connectivity index (χ1) is 14.2. The van der Waals surface area contributed by atoms with Crippen molar-refractivity contribution < 1.29 is 28.5 Å². The topological polar surface area (TPSA) is 15.9 Å². The summed E-state index contributed by atoms with van der Waals surface area (Å²) in [5.74, 6) is 0. The van der Waals surface area contributed by atoms with Crippen molar-refractivity contribution in [3.63, 3.8) is 0 Å². The molecule has 0 unspecified atom stereocenters. The van der Waals surface area contributed by atoms with Crippen LogP contribution in [0, 0.1) is 0 Å². The Morgan fingerprint density at radius 2 is 1.40 bits per heavy atom. The van der Waals surface area contributed by atoms with Crippen LogP contribution >= 0.6 is 23.1 Å². The normalized spacial score (nSPS) is 14.6. The molecule has 5 heteroatoms. The first kappa shape index (κ1) is 19.8. The third-order valence-corrected chi connectivity index (χ3v) is 8.29. The largest absolute Gasteiger partial charge is 1.00 e. The van der Waals surface area contributed by atoms with Gasteiger partial charge in [-0.05, 0) is 35.9 Å². The van der Waals surface area contributed by atoms with Gasteiger partial charge in [-0.25, -0.2) is 0 Å². The highest BCUT2D eigenvalue weighted by molar-refractivity contribution is 8.04. The van der Waals surface area contributed by atoms with E-state index in [1.807, 2.05) is 23.1 Å². The zero-order valence-corrected chi connectivity index (χ0v) is 20.4. The summed E-state index contributed by atoms with van der Waals surface area (Å²) >= 11 is 3.72. The van der Waals surface area contributed by atoms with Crippen LogP contribution in [0.1, 0.15) is 11.9 Å². The average Bonchev–Trinajstić information content (AvgIpc) is 3.35.